The zero-order chi connectivity index (χ0) is 12.5. The number of carbonyl (C=O) groups is 1. The number of nitrogens with zero attached hydrogens (tertiary/aromatic N) is 2. The number of halogens is 1. The maximum Gasteiger partial charge on any atom is 0.272 e. The molecular weight excluding hydrogens is 238 g/mol. The van der Waals surface area contributed by atoms with E-state index in [2.05, 4.69) is 24.1 Å². The van der Waals surface area contributed by atoms with E-state index in [0.717, 1.165) is 6.54 Å². The normalized spacial score (nSPS) is 19.1. The minimum Gasteiger partial charge on any atom is -0.334 e. The molecule has 17 heavy (non-hydrogen) atoms. The number of hydrogen-bond donors (Lipinski definition) is 1. The van der Waals surface area contributed by atoms with Gasteiger partial charge >= 0.3 is 0 Å². The lowest BCUT2D eigenvalue weighted by atomic mass is 10.0. The van der Waals surface area contributed by atoms with E-state index >= 15 is 0 Å². The van der Waals surface area contributed by atoms with Gasteiger partial charge in [0.1, 0.15) is 5.69 Å². The number of rotatable bonds is 1. The summed E-state index contributed by atoms with van der Waals surface area (Å²) in [5.41, 5.74) is 0.410. The molecule has 0 aliphatic carbocycles. The quantitative estimate of drug-likeness (QED) is 0.826. The van der Waals surface area contributed by atoms with Crippen LogP contribution in [0.5, 0.6) is 0 Å². The number of amides is 1. The second kappa shape index (κ2) is 4.63. The van der Waals surface area contributed by atoms with Crippen LogP contribution >= 0.6 is 11.6 Å². The monoisotopic (exact) mass is 253 g/mol. The van der Waals surface area contributed by atoms with Gasteiger partial charge in [0.05, 0.1) is 5.02 Å². The van der Waals surface area contributed by atoms with Gasteiger partial charge in [-0.3, -0.25) is 4.79 Å². The lowest BCUT2D eigenvalue weighted by molar-refractivity contribution is 0.0646. The predicted octanol–water partition coefficient (Wildman–Crippen LogP) is 1.56. The first kappa shape index (κ1) is 12.3. The van der Waals surface area contributed by atoms with Crippen molar-refractivity contribution in [2.75, 3.05) is 19.6 Å². The molecule has 0 radical (unpaired) electrons. The van der Waals surface area contributed by atoms with Crippen molar-refractivity contribution in [3.05, 3.63) is 29.0 Å². The largest absolute Gasteiger partial charge is 0.334 e. The molecule has 0 unspecified atom stereocenters. The molecule has 1 aromatic rings. The Morgan fingerprint density at radius 2 is 2.29 bits per heavy atom. The molecule has 1 amide bonds. The molecule has 0 bridgehead atoms. The van der Waals surface area contributed by atoms with Crippen LogP contribution in [0.4, 0.5) is 0 Å². The first-order chi connectivity index (χ1) is 7.98. The van der Waals surface area contributed by atoms with Crippen molar-refractivity contribution in [2.24, 2.45) is 0 Å². The maximum atomic E-state index is 12.2. The highest BCUT2D eigenvalue weighted by atomic mass is 35.5. The van der Waals surface area contributed by atoms with Gasteiger partial charge in [-0.15, -0.1) is 0 Å². The molecule has 1 aliphatic rings. The van der Waals surface area contributed by atoms with Gasteiger partial charge in [0.15, 0.2) is 0 Å². The Kier molecular flexibility index (Phi) is 3.35. The third-order valence-corrected chi connectivity index (χ3v) is 3.03. The summed E-state index contributed by atoms with van der Waals surface area (Å²) >= 11 is 5.75. The fourth-order valence-electron chi connectivity index (χ4n) is 1.98. The Hall–Kier alpha value is -1.13. The number of hydrogen-bond acceptors (Lipinski definition) is 3. The van der Waals surface area contributed by atoms with E-state index < -0.39 is 0 Å². The summed E-state index contributed by atoms with van der Waals surface area (Å²) in [4.78, 5) is 18.1. The zero-order valence-electron chi connectivity index (χ0n) is 10.0. The van der Waals surface area contributed by atoms with E-state index in [0.29, 0.717) is 23.8 Å². The van der Waals surface area contributed by atoms with Crippen molar-refractivity contribution >= 4 is 17.5 Å². The molecule has 1 saturated heterocycles. The molecule has 0 saturated carbocycles. The van der Waals surface area contributed by atoms with E-state index in [1.807, 2.05) is 4.90 Å². The third-order valence-electron chi connectivity index (χ3n) is 2.81. The SMILES string of the molecule is CC1(C)CN(C(=O)c2ccc(Cl)cn2)CCN1. The highest BCUT2D eigenvalue weighted by Gasteiger charge is 2.29. The minimum atomic E-state index is -0.0413. The number of pyridine rings is 1. The maximum absolute atomic E-state index is 12.2. The highest BCUT2D eigenvalue weighted by molar-refractivity contribution is 6.30. The van der Waals surface area contributed by atoms with Gasteiger partial charge in [-0.05, 0) is 26.0 Å². The first-order valence-electron chi connectivity index (χ1n) is 5.64. The van der Waals surface area contributed by atoms with Crippen LogP contribution in [0.2, 0.25) is 5.02 Å². The van der Waals surface area contributed by atoms with E-state index in [1.54, 1.807) is 12.1 Å². The number of aromatic nitrogens is 1. The topological polar surface area (TPSA) is 45.2 Å². The molecule has 0 aromatic carbocycles. The number of piperazine rings is 1. The highest BCUT2D eigenvalue weighted by Crippen LogP contribution is 2.14. The Morgan fingerprint density at radius 3 is 2.88 bits per heavy atom. The Balaban J connectivity index is 2.12. The van der Waals surface area contributed by atoms with Gasteiger partial charge in [0, 0.05) is 31.4 Å². The van der Waals surface area contributed by atoms with E-state index in [9.17, 15) is 4.79 Å². The fraction of sp³-hybridized carbons (Fsp3) is 0.500. The Bertz CT molecular complexity index is 416. The Labute approximate surface area is 106 Å². The number of carbonyl (C=O) groups excluding carboxylic acids is 1. The van der Waals surface area contributed by atoms with Crippen LogP contribution in [0, 0.1) is 0 Å². The second-order valence-corrected chi connectivity index (χ2v) is 5.34. The van der Waals surface area contributed by atoms with Crippen LogP contribution in [0.3, 0.4) is 0 Å². The lowest BCUT2D eigenvalue weighted by Gasteiger charge is -2.38. The predicted molar refractivity (Wildman–Crippen MR) is 67.2 cm³/mol. The summed E-state index contributed by atoms with van der Waals surface area (Å²) in [6, 6.07) is 3.36. The summed E-state index contributed by atoms with van der Waals surface area (Å²) in [7, 11) is 0. The van der Waals surface area contributed by atoms with Gasteiger partial charge in [0.25, 0.3) is 5.91 Å². The van der Waals surface area contributed by atoms with Crippen molar-refractivity contribution in [3.63, 3.8) is 0 Å². The molecule has 92 valence electrons. The van der Waals surface area contributed by atoms with Gasteiger partial charge in [-0.1, -0.05) is 11.6 Å². The van der Waals surface area contributed by atoms with Crippen molar-refractivity contribution < 1.29 is 4.79 Å². The summed E-state index contributed by atoms with van der Waals surface area (Å²) in [6.07, 6.45) is 1.50. The van der Waals surface area contributed by atoms with Crippen LogP contribution in [-0.4, -0.2) is 41.0 Å². The summed E-state index contributed by atoms with van der Waals surface area (Å²) < 4.78 is 0. The Morgan fingerprint density at radius 1 is 1.53 bits per heavy atom. The molecule has 1 fully saturated rings. The average Bonchev–Trinajstić information content (AvgIpc) is 2.28. The van der Waals surface area contributed by atoms with Gasteiger partial charge in [0.2, 0.25) is 0 Å². The average molecular weight is 254 g/mol. The fourth-order valence-corrected chi connectivity index (χ4v) is 2.09. The van der Waals surface area contributed by atoms with Crippen LogP contribution in [0.1, 0.15) is 24.3 Å². The van der Waals surface area contributed by atoms with Crippen molar-refractivity contribution in [1.82, 2.24) is 15.2 Å². The van der Waals surface area contributed by atoms with Crippen molar-refractivity contribution in [2.45, 2.75) is 19.4 Å². The molecule has 2 heterocycles. The molecule has 0 spiro atoms. The minimum absolute atomic E-state index is 0.0313. The molecule has 0 atom stereocenters. The molecule has 1 aliphatic heterocycles. The van der Waals surface area contributed by atoms with Gasteiger partial charge < -0.3 is 10.2 Å². The van der Waals surface area contributed by atoms with Crippen LogP contribution < -0.4 is 5.32 Å². The third kappa shape index (κ3) is 2.96. The van der Waals surface area contributed by atoms with Crippen molar-refractivity contribution in [3.8, 4) is 0 Å². The van der Waals surface area contributed by atoms with E-state index in [1.165, 1.54) is 6.20 Å². The van der Waals surface area contributed by atoms with E-state index in [4.69, 9.17) is 11.6 Å². The first-order valence-corrected chi connectivity index (χ1v) is 6.02. The van der Waals surface area contributed by atoms with Crippen molar-refractivity contribution in [1.29, 1.82) is 0 Å². The summed E-state index contributed by atoms with van der Waals surface area (Å²) in [5.74, 6) is -0.0313. The zero-order valence-corrected chi connectivity index (χ0v) is 10.8. The van der Waals surface area contributed by atoms with Crippen LogP contribution in [-0.2, 0) is 0 Å². The molecule has 4 nitrogen and oxygen atoms in total. The molecule has 5 heteroatoms. The summed E-state index contributed by atoms with van der Waals surface area (Å²) in [6.45, 7) is 6.39. The molecule has 2 rings (SSSR count). The molecule has 1 aromatic heterocycles. The van der Waals surface area contributed by atoms with Crippen LogP contribution in [0.15, 0.2) is 18.3 Å². The smallest absolute Gasteiger partial charge is 0.272 e. The second-order valence-electron chi connectivity index (χ2n) is 4.90. The lowest BCUT2D eigenvalue weighted by Crippen LogP contribution is -2.58. The van der Waals surface area contributed by atoms with Crippen LogP contribution in [0.25, 0.3) is 0 Å². The standard InChI is InChI=1S/C12H16ClN3O/c1-12(2)8-16(6-5-15-12)11(17)10-4-3-9(13)7-14-10/h3-4,7,15H,5-6,8H2,1-2H3. The molecule has 1 N–H and O–H groups in total. The molecular formula is C12H16ClN3O. The van der Waals surface area contributed by atoms with E-state index in [-0.39, 0.29) is 11.4 Å². The number of nitrogens with one attached hydrogen (secondary N) is 1. The summed E-state index contributed by atoms with van der Waals surface area (Å²) in [5, 5.41) is 3.91. The van der Waals surface area contributed by atoms with Gasteiger partial charge in [-0.25, -0.2) is 4.98 Å². The van der Waals surface area contributed by atoms with Gasteiger partial charge in [-0.2, -0.15) is 0 Å².